The highest BCUT2D eigenvalue weighted by Crippen LogP contribution is 2.35. The summed E-state index contributed by atoms with van der Waals surface area (Å²) in [5.74, 6) is 0. The van der Waals surface area contributed by atoms with E-state index in [0.717, 1.165) is 16.5 Å². The van der Waals surface area contributed by atoms with E-state index in [1.54, 1.807) is 0 Å². The van der Waals surface area contributed by atoms with Gasteiger partial charge >= 0.3 is 0 Å². The van der Waals surface area contributed by atoms with Crippen LogP contribution in [0.4, 0.5) is 0 Å². The minimum absolute atomic E-state index is 0.0944. The number of para-hydroxylation sites is 1. The molecule has 1 unspecified atom stereocenters. The van der Waals surface area contributed by atoms with Crippen molar-refractivity contribution in [2.75, 3.05) is 0 Å². The summed E-state index contributed by atoms with van der Waals surface area (Å²) in [5.41, 5.74) is 3.35. The molecular formula is C16H17OP. The zero-order valence-electron chi connectivity index (χ0n) is 10.9. The molecule has 0 N–H and O–H groups in total. The van der Waals surface area contributed by atoms with Crippen molar-refractivity contribution in [2.45, 2.75) is 26.2 Å². The van der Waals surface area contributed by atoms with Crippen molar-refractivity contribution in [1.82, 2.24) is 0 Å². The Morgan fingerprint density at radius 2 is 1.78 bits per heavy atom. The average Bonchev–Trinajstić information content (AvgIpc) is 2.64. The number of fused-ring (bicyclic) bond motifs is 3. The molecule has 0 radical (unpaired) electrons. The molecule has 0 aliphatic carbocycles. The molecule has 0 spiro atoms. The minimum Gasteiger partial charge on any atom is -0.456 e. The van der Waals surface area contributed by atoms with E-state index in [1.807, 2.05) is 0 Å². The van der Waals surface area contributed by atoms with Crippen LogP contribution >= 0.6 is 9.24 Å². The Bertz CT molecular complexity index is 732. The van der Waals surface area contributed by atoms with Gasteiger partial charge in [-0.2, -0.15) is 0 Å². The van der Waals surface area contributed by atoms with E-state index in [1.165, 1.54) is 16.3 Å². The second-order valence-electron chi connectivity index (χ2n) is 5.79. The fourth-order valence-corrected chi connectivity index (χ4v) is 2.65. The van der Waals surface area contributed by atoms with Crippen LogP contribution in [0.3, 0.4) is 0 Å². The highest BCUT2D eigenvalue weighted by atomic mass is 31.0. The van der Waals surface area contributed by atoms with Crippen LogP contribution < -0.4 is 5.30 Å². The highest BCUT2D eigenvalue weighted by Gasteiger charge is 2.20. The van der Waals surface area contributed by atoms with Crippen LogP contribution in [0.2, 0.25) is 0 Å². The van der Waals surface area contributed by atoms with Gasteiger partial charge in [0, 0.05) is 16.3 Å². The van der Waals surface area contributed by atoms with E-state index in [0.29, 0.717) is 0 Å². The summed E-state index contributed by atoms with van der Waals surface area (Å²) in [5, 5.41) is 3.56. The largest absolute Gasteiger partial charge is 0.456 e. The van der Waals surface area contributed by atoms with Crippen LogP contribution in [0, 0.1) is 0 Å². The molecule has 0 amide bonds. The Balaban J connectivity index is 2.46. The molecule has 1 atom stereocenters. The lowest BCUT2D eigenvalue weighted by Gasteiger charge is -2.18. The predicted octanol–water partition coefficient (Wildman–Crippen LogP) is 4.38. The third kappa shape index (κ3) is 1.74. The number of furan rings is 1. The lowest BCUT2D eigenvalue weighted by molar-refractivity contribution is 0.573. The number of hydrogen-bond acceptors (Lipinski definition) is 1. The minimum atomic E-state index is 0.0944. The maximum Gasteiger partial charge on any atom is 0.139 e. The maximum absolute atomic E-state index is 6.08. The van der Waals surface area contributed by atoms with E-state index >= 15 is 0 Å². The van der Waals surface area contributed by atoms with Crippen molar-refractivity contribution in [2.24, 2.45) is 0 Å². The molecular weight excluding hydrogens is 239 g/mol. The van der Waals surface area contributed by atoms with E-state index in [9.17, 15) is 0 Å². The summed E-state index contributed by atoms with van der Waals surface area (Å²) < 4.78 is 6.08. The summed E-state index contributed by atoms with van der Waals surface area (Å²) in [4.78, 5) is 0. The SMILES string of the molecule is CC(C)(C)c1cccc2c1oc1cc(P)ccc12. The molecule has 2 heteroatoms. The van der Waals surface area contributed by atoms with E-state index < -0.39 is 0 Å². The topological polar surface area (TPSA) is 13.1 Å². The summed E-state index contributed by atoms with van der Waals surface area (Å²) in [6.07, 6.45) is 0. The summed E-state index contributed by atoms with van der Waals surface area (Å²) in [7, 11) is 2.71. The average molecular weight is 256 g/mol. The smallest absolute Gasteiger partial charge is 0.139 e. The molecule has 1 heterocycles. The third-order valence-corrected chi connectivity index (χ3v) is 3.69. The van der Waals surface area contributed by atoms with Gasteiger partial charge in [0.2, 0.25) is 0 Å². The van der Waals surface area contributed by atoms with Gasteiger partial charge in [-0.1, -0.05) is 45.0 Å². The molecule has 0 saturated heterocycles. The van der Waals surface area contributed by atoms with Gasteiger partial charge in [0.05, 0.1) is 0 Å². The second-order valence-corrected chi connectivity index (χ2v) is 6.46. The van der Waals surface area contributed by atoms with Gasteiger partial charge < -0.3 is 4.42 Å². The normalized spacial score (nSPS) is 12.4. The first-order chi connectivity index (χ1) is 8.47. The van der Waals surface area contributed by atoms with Gasteiger partial charge in [-0.05, 0) is 22.9 Å². The quantitative estimate of drug-likeness (QED) is 0.544. The van der Waals surface area contributed by atoms with Crippen LogP contribution in [-0.4, -0.2) is 0 Å². The van der Waals surface area contributed by atoms with E-state index in [4.69, 9.17) is 4.42 Å². The van der Waals surface area contributed by atoms with E-state index in [-0.39, 0.29) is 5.41 Å². The highest BCUT2D eigenvalue weighted by molar-refractivity contribution is 7.27. The van der Waals surface area contributed by atoms with Gasteiger partial charge in [0.25, 0.3) is 0 Å². The first kappa shape index (κ1) is 11.7. The Labute approximate surface area is 109 Å². The van der Waals surface area contributed by atoms with Crippen LogP contribution in [0.5, 0.6) is 0 Å². The molecule has 0 aliphatic heterocycles. The molecule has 1 nitrogen and oxygen atoms in total. The molecule has 3 aromatic rings. The summed E-state index contributed by atoms with van der Waals surface area (Å²) in [6, 6.07) is 12.7. The lowest BCUT2D eigenvalue weighted by atomic mass is 9.86. The number of hydrogen-bond donors (Lipinski definition) is 0. The third-order valence-electron chi connectivity index (χ3n) is 3.33. The van der Waals surface area contributed by atoms with E-state index in [2.05, 4.69) is 66.4 Å². The van der Waals surface area contributed by atoms with Gasteiger partial charge in [-0.25, -0.2) is 0 Å². The monoisotopic (exact) mass is 256 g/mol. The van der Waals surface area contributed by atoms with Crippen LogP contribution in [0.25, 0.3) is 21.9 Å². The van der Waals surface area contributed by atoms with Crippen molar-refractivity contribution < 1.29 is 4.42 Å². The van der Waals surface area contributed by atoms with Gasteiger partial charge in [-0.15, -0.1) is 9.24 Å². The Morgan fingerprint density at radius 3 is 2.50 bits per heavy atom. The van der Waals surface area contributed by atoms with Gasteiger partial charge in [0.1, 0.15) is 11.2 Å². The van der Waals surface area contributed by atoms with Crippen molar-refractivity contribution >= 4 is 36.5 Å². The molecule has 2 aromatic carbocycles. The van der Waals surface area contributed by atoms with Crippen molar-refractivity contribution in [3.63, 3.8) is 0 Å². The van der Waals surface area contributed by atoms with Crippen LogP contribution in [0.1, 0.15) is 26.3 Å². The standard InChI is InChI=1S/C16H17OP/c1-16(2,3)13-6-4-5-12-11-8-7-10(18)9-14(11)17-15(12)13/h4-9H,18H2,1-3H3. The first-order valence-electron chi connectivity index (χ1n) is 6.18. The van der Waals surface area contributed by atoms with Gasteiger partial charge in [0.15, 0.2) is 0 Å². The maximum atomic E-state index is 6.08. The summed E-state index contributed by atoms with van der Waals surface area (Å²) in [6.45, 7) is 6.65. The number of rotatable bonds is 0. The Kier molecular flexibility index (Phi) is 2.50. The molecule has 0 aliphatic rings. The molecule has 3 rings (SSSR count). The molecule has 0 saturated carbocycles. The fourth-order valence-electron chi connectivity index (χ4n) is 2.41. The van der Waals surface area contributed by atoms with Crippen molar-refractivity contribution in [3.05, 3.63) is 42.0 Å². The summed E-state index contributed by atoms with van der Waals surface area (Å²) >= 11 is 0. The molecule has 92 valence electrons. The first-order valence-corrected chi connectivity index (χ1v) is 6.76. The zero-order valence-corrected chi connectivity index (χ0v) is 12.1. The van der Waals surface area contributed by atoms with Crippen molar-refractivity contribution in [3.8, 4) is 0 Å². The van der Waals surface area contributed by atoms with Crippen LogP contribution in [0.15, 0.2) is 40.8 Å². The molecule has 1 aromatic heterocycles. The predicted molar refractivity (Wildman–Crippen MR) is 81.8 cm³/mol. The fraction of sp³-hybridized carbons (Fsp3) is 0.250. The number of benzene rings is 2. The molecule has 0 bridgehead atoms. The van der Waals surface area contributed by atoms with Crippen LogP contribution in [-0.2, 0) is 5.41 Å². The zero-order chi connectivity index (χ0) is 12.9. The lowest BCUT2D eigenvalue weighted by Crippen LogP contribution is -2.10. The molecule has 0 fully saturated rings. The second kappa shape index (κ2) is 3.83. The van der Waals surface area contributed by atoms with Gasteiger partial charge in [-0.3, -0.25) is 0 Å². The Hall–Kier alpha value is -1.33. The molecule has 18 heavy (non-hydrogen) atoms. The van der Waals surface area contributed by atoms with Crippen molar-refractivity contribution in [1.29, 1.82) is 0 Å². The Morgan fingerprint density at radius 1 is 1.00 bits per heavy atom.